The summed E-state index contributed by atoms with van der Waals surface area (Å²) in [6, 6.07) is 27.6. The highest BCUT2D eigenvalue weighted by Gasteiger charge is 2.16. The standard InChI is InChI=1S/C27H17ClN2O3S/c28-24-22-9-3-4-11-23(22)34-25(24)26(31)30-29-16-17-12-14-19(15-13-17)33-27(32)21-10-5-7-18-6-1-2-8-20(18)21/h1-16H,(H,30,31)/b29-16+. The highest BCUT2D eigenvalue weighted by Crippen LogP contribution is 2.35. The van der Waals surface area contributed by atoms with Crippen LogP contribution in [0.15, 0.2) is 96.1 Å². The van der Waals surface area contributed by atoms with Crippen LogP contribution in [0.3, 0.4) is 0 Å². The Labute approximate surface area is 204 Å². The van der Waals surface area contributed by atoms with Crippen LogP contribution in [0.2, 0.25) is 5.02 Å². The molecule has 4 aromatic carbocycles. The van der Waals surface area contributed by atoms with Crippen LogP contribution in [-0.2, 0) is 0 Å². The van der Waals surface area contributed by atoms with E-state index < -0.39 is 5.97 Å². The molecular formula is C27H17ClN2O3S. The summed E-state index contributed by atoms with van der Waals surface area (Å²) >= 11 is 7.66. The predicted molar refractivity (Wildman–Crippen MR) is 137 cm³/mol. The predicted octanol–water partition coefficient (Wildman–Crippen LogP) is 6.69. The SMILES string of the molecule is O=C(N/N=C/c1ccc(OC(=O)c2cccc3ccccc23)cc1)c1sc2ccccc2c1Cl. The molecule has 5 rings (SSSR count). The molecule has 0 aliphatic heterocycles. The van der Waals surface area contributed by atoms with E-state index in [0.717, 1.165) is 26.4 Å². The summed E-state index contributed by atoms with van der Waals surface area (Å²) in [5.41, 5.74) is 3.74. The molecule has 1 heterocycles. The number of esters is 1. The number of thiophene rings is 1. The molecule has 34 heavy (non-hydrogen) atoms. The first kappa shape index (κ1) is 21.8. The van der Waals surface area contributed by atoms with E-state index in [1.807, 2.05) is 60.7 Å². The van der Waals surface area contributed by atoms with Crippen molar-refractivity contribution in [2.45, 2.75) is 0 Å². The molecule has 1 amide bonds. The van der Waals surface area contributed by atoms with E-state index in [-0.39, 0.29) is 5.91 Å². The van der Waals surface area contributed by atoms with Crippen LogP contribution in [0.5, 0.6) is 5.75 Å². The van der Waals surface area contributed by atoms with Gasteiger partial charge in [0.05, 0.1) is 16.8 Å². The molecular weight excluding hydrogens is 468 g/mol. The molecule has 0 unspecified atom stereocenters. The Bertz CT molecular complexity index is 1550. The van der Waals surface area contributed by atoms with Crippen LogP contribution < -0.4 is 10.2 Å². The Morgan fingerprint density at radius 3 is 2.35 bits per heavy atom. The van der Waals surface area contributed by atoms with Crippen molar-refractivity contribution in [3.05, 3.63) is 112 Å². The maximum Gasteiger partial charge on any atom is 0.344 e. The smallest absolute Gasteiger partial charge is 0.344 e. The van der Waals surface area contributed by atoms with E-state index in [1.165, 1.54) is 17.6 Å². The quantitative estimate of drug-likeness (QED) is 0.131. The number of amides is 1. The zero-order valence-corrected chi connectivity index (χ0v) is 19.3. The van der Waals surface area contributed by atoms with Gasteiger partial charge < -0.3 is 4.74 Å². The second kappa shape index (κ2) is 9.47. The largest absolute Gasteiger partial charge is 0.423 e. The van der Waals surface area contributed by atoms with E-state index in [4.69, 9.17) is 16.3 Å². The molecule has 1 aromatic heterocycles. The summed E-state index contributed by atoms with van der Waals surface area (Å²) in [4.78, 5) is 25.6. The lowest BCUT2D eigenvalue weighted by Crippen LogP contribution is -2.16. The molecule has 0 aliphatic rings. The molecule has 5 aromatic rings. The van der Waals surface area contributed by atoms with E-state index >= 15 is 0 Å². The van der Waals surface area contributed by atoms with E-state index in [1.54, 1.807) is 30.3 Å². The molecule has 5 nitrogen and oxygen atoms in total. The summed E-state index contributed by atoms with van der Waals surface area (Å²) in [5, 5.41) is 7.10. The molecule has 0 spiro atoms. The molecule has 0 radical (unpaired) electrons. The first-order valence-electron chi connectivity index (χ1n) is 10.4. The minimum atomic E-state index is -0.425. The fraction of sp³-hybridized carbons (Fsp3) is 0. The van der Waals surface area contributed by atoms with Crippen LogP contribution in [0.25, 0.3) is 20.9 Å². The maximum atomic E-state index is 12.7. The van der Waals surface area contributed by atoms with Crippen molar-refractivity contribution in [3.63, 3.8) is 0 Å². The monoisotopic (exact) mass is 484 g/mol. The topological polar surface area (TPSA) is 67.8 Å². The highest BCUT2D eigenvalue weighted by atomic mass is 35.5. The Kier molecular flexibility index (Phi) is 6.08. The van der Waals surface area contributed by atoms with Crippen LogP contribution >= 0.6 is 22.9 Å². The van der Waals surface area contributed by atoms with E-state index in [0.29, 0.717) is 21.2 Å². The number of nitrogens with zero attached hydrogens (tertiary/aromatic N) is 1. The number of carbonyl (C=O) groups is 2. The fourth-order valence-corrected chi connectivity index (χ4v) is 4.97. The lowest BCUT2D eigenvalue weighted by molar-refractivity contribution is 0.0736. The third-order valence-corrected chi connectivity index (χ3v) is 6.90. The minimum absolute atomic E-state index is 0.372. The normalized spacial score (nSPS) is 11.2. The zero-order valence-electron chi connectivity index (χ0n) is 17.7. The molecule has 7 heteroatoms. The van der Waals surface area contributed by atoms with Crippen molar-refractivity contribution >= 4 is 61.9 Å². The van der Waals surface area contributed by atoms with Crippen molar-refractivity contribution in [1.82, 2.24) is 5.43 Å². The number of ether oxygens (including phenoxy) is 1. The number of halogens is 1. The van der Waals surface area contributed by atoms with Crippen LogP contribution in [0.4, 0.5) is 0 Å². The summed E-state index contributed by atoms with van der Waals surface area (Å²) in [6.07, 6.45) is 1.51. The number of hydrogen-bond acceptors (Lipinski definition) is 5. The van der Waals surface area contributed by atoms with Gasteiger partial charge in [0.25, 0.3) is 5.91 Å². The maximum absolute atomic E-state index is 12.7. The van der Waals surface area contributed by atoms with Gasteiger partial charge in [-0.2, -0.15) is 5.10 Å². The van der Waals surface area contributed by atoms with Crippen molar-refractivity contribution in [1.29, 1.82) is 0 Å². The van der Waals surface area contributed by atoms with Crippen molar-refractivity contribution in [2.75, 3.05) is 0 Å². The summed E-state index contributed by atoms with van der Waals surface area (Å²) in [6.45, 7) is 0. The van der Waals surface area contributed by atoms with Crippen LogP contribution in [0.1, 0.15) is 25.6 Å². The second-order valence-electron chi connectivity index (χ2n) is 7.43. The van der Waals surface area contributed by atoms with Gasteiger partial charge in [0.15, 0.2) is 0 Å². The molecule has 0 saturated carbocycles. The second-order valence-corrected chi connectivity index (χ2v) is 8.86. The van der Waals surface area contributed by atoms with Crippen LogP contribution in [-0.4, -0.2) is 18.1 Å². The molecule has 1 N–H and O–H groups in total. The molecule has 166 valence electrons. The first-order valence-corrected chi connectivity index (χ1v) is 11.6. The Balaban J connectivity index is 1.24. The summed E-state index contributed by atoms with van der Waals surface area (Å²) in [5.74, 6) is -0.384. The van der Waals surface area contributed by atoms with Crippen LogP contribution in [0, 0.1) is 0 Å². The Hall–Kier alpha value is -4.00. The average molecular weight is 485 g/mol. The molecule has 0 bridgehead atoms. The molecule has 0 fully saturated rings. The minimum Gasteiger partial charge on any atom is -0.423 e. The number of nitrogens with one attached hydrogen (secondary N) is 1. The summed E-state index contributed by atoms with van der Waals surface area (Å²) in [7, 11) is 0. The van der Waals surface area contributed by atoms with E-state index in [2.05, 4.69) is 10.5 Å². The van der Waals surface area contributed by atoms with Gasteiger partial charge in [0.2, 0.25) is 0 Å². The van der Waals surface area contributed by atoms with Crippen molar-refractivity contribution < 1.29 is 14.3 Å². The third kappa shape index (κ3) is 4.41. The Morgan fingerprint density at radius 2 is 1.56 bits per heavy atom. The highest BCUT2D eigenvalue weighted by molar-refractivity contribution is 7.21. The van der Waals surface area contributed by atoms with Gasteiger partial charge in [-0.1, -0.05) is 66.2 Å². The van der Waals surface area contributed by atoms with Crippen molar-refractivity contribution in [3.8, 4) is 5.75 Å². The average Bonchev–Trinajstić information content (AvgIpc) is 3.21. The van der Waals surface area contributed by atoms with Gasteiger partial charge in [0, 0.05) is 10.1 Å². The first-order chi connectivity index (χ1) is 16.6. The lowest BCUT2D eigenvalue weighted by Gasteiger charge is -2.07. The summed E-state index contributed by atoms with van der Waals surface area (Å²) < 4.78 is 6.48. The fourth-order valence-electron chi connectivity index (χ4n) is 3.56. The van der Waals surface area contributed by atoms with E-state index in [9.17, 15) is 9.59 Å². The number of benzene rings is 4. The van der Waals surface area contributed by atoms with Gasteiger partial charge >= 0.3 is 5.97 Å². The number of fused-ring (bicyclic) bond motifs is 2. The number of rotatable bonds is 5. The van der Waals surface area contributed by atoms with Gasteiger partial charge in [-0.05, 0) is 52.7 Å². The number of hydrogen-bond donors (Lipinski definition) is 1. The molecule has 0 aliphatic carbocycles. The molecule has 0 atom stereocenters. The van der Waals surface area contributed by atoms with Crippen molar-refractivity contribution in [2.24, 2.45) is 5.10 Å². The molecule has 0 saturated heterocycles. The Morgan fingerprint density at radius 1 is 0.853 bits per heavy atom. The van der Waals surface area contributed by atoms with Gasteiger partial charge in [-0.3, -0.25) is 4.79 Å². The van der Waals surface area contributed by atoms with Gasteiger partial charge in [-0.25, -0.2) is 10.2 Å². The number of carbonyl (C=O) groups excluding carboxylic acids is 2. The van der Waals surface area contributed by atoms with Gasteiger partial charge in [0.1, 0.15) is 10.6 Å². The third-order valence-electron chi connectivity index (χ3n) is 5.22. The van der Waals surface area contributed by atoms with Gasteiger partial charge in [-0.15, -0.1) is 11.3 Å². The lowest BCUT2D eigenvalue weighted by atomic mass is 10.0. The number of hydrazone groups is 1. The zero-order chi connectivity index (χ0) is 23.5.